The van der Waals surface area contributed by atoms with E-state index in [0.717, 1.165) is 32.5 Å². The van der Waals surface area contributed by atoms with Crippen molar-refractivity contribution in [3.63, 3.8) is 0 Å². The maximum atomic E-state index is 11.7. The lowest BCUT2D eigenvalue weighted by molar-refractivity contribution is -0.130. The van der Waals surface area contributed by atoms with Gasteiger partial charge in [-0.1, -0.05) is 13.3 Å². The number of likely N-dealkylation sites (tertiary alicyclic amines) is 1. The van der Waals surface area contributed by atoms with E-state index >= 15 is 0 Å². The topological polar surface area (TPSA) is 23.6 Å². The molecule has 0 aromatic carbocycles. The molecule has 0 unspecified atom stereocenters. The minimum atomic E-state index is 0.278. The lowest BCUT2D eigenvalue weighted by Crippen LogP contribution is -2.37. The van der Waals surface area contributed by atoms with Crippen LogP contribution in [0.4, 0.5) is 0 Å². The summed E-state index contributed by atoms with van der Waals surface area (Å²) in [4.78, 5) is 15.8. The van der Waals surface area contributed by atoms with Gasteiger partial charge in [-0.05, 0) is 32.4 Å². The average molecular weight is 198 g/mol. The van der Waals surface area contributed by atoms with Gasteiger partial charge in [0.25, 0.3) is 0 Å². The summed E-state index contributed by atoms with van der Waals surface area (Å²) in [5, 5.41) is 0. The van der Waals surface area contributed by atoms with Gasteiger partial charge in [-0.2, -0.15) is 0 Å². The summed E-state index contributed by atoms with van der Waals surface area (Å²) in [6, 6.07) is 0. The first-order valence-corrected chi connectivity index (χ1v) is 5.70. The van der Waals surface area contributed by atoms with Gasteiger partial charge in [0, 0.05) is 13.6 Å². The third-order valence-electron chi connectivity index (χ3n) is 2.83. The van der Waals surface area contributed by atoms with Gasteiger partial charge in [-0.15, -0.1) is 0 Å². The zero-order valence-corrected chi connectivity index (χ0v) is 9.46. The van der Waals surface area contributed by atoms with Crippen molar-refractivity contribution in [1.29, 1.82) is 0 Å². The van der Waals surface area contributed by atoms with E-state index in [-0.39, 0.29) is 5.91 Å². The molecule has 1 rings (SSSR count). The second-order valence-electron chi connectivity index (χ2n) is 4.15. The Bertz CT molecular complexity index is 176. The molecular weight excluding hydrogens is 176 g/mol. The van der Waals surface area contributed by atoms with Gasteiger partial charge in [0.05, 0.1) is 6.54 Å². The fraction of sp³-hybridized carbons (Fsp3) is 0.909. The standard InChI is InChI=1S/C11H22N2O/c1-3-4-7-12(2)11(14)10-13-8-5-6-9-13/h3-10H2,1-2H3. The Hall–Kier alpha value is -0.570. The van der Waals surface area contributed by atoms with Gasteiger partial charge in [-0.3, -0.25) is 9.69 Å². The molecule has 0 bridgehead atoms. The summed E-state index contributed by atoms with van der Waals surface area (Å²) in [7, 11) is 1.91. The number of amides is 1. The molecule has 0 N–H and O–H groups in total. The molecule has 0 aromatic rings. The third kappa shape index (κ3) is 3.66. The Labute approximate surface area is 87.1 Å². The van der Waals surface area contributed by atoms with E-state index in [1.807, 2.05) is 11.9 Å². The van der Waals surface area contributed by atoms with Gasteiger partial charge < -0.3 is 4.90 Å². The first-order chi connectivity index (χ1) is 6.74. The van der Waals surface area contributed by atoms with E-state index in [0.29, 0.717) is 6.54 Å². The molecule has 1 heterocycles. The van der Waals surface area contributed by atoms with Crippen molar-refractivity contribution in [2.75, 3.05) is 33.2 Å². The number of nitrogens with zero attached hydrogens (tertiary/aromatic N) is 2. The van der Waals surface area contributed by atoms with Crippen LogP contribution in [0.2, 0.25) is 0 Å². The van der Waals surface area contributed by atoms with Gasteiger partial charge >= 0.3 is 0 Å². The second-order valence-corrected chi connectivity index (χ2v) is 4.15. The second kappa shape index (κ2) is 6.02. The number of carbonyl (C=O) groups is 1. The van der Waals surface area contributed by atoms with E-state index < -0.39 is 0 Å². The molecule has 0 aliphatic carbocycles. The highest BCUT2D eigenvalue weighted by molar-refractivity contribution is 5.77. The summed E-state index contributed by atoms with van der Waals surface area (Å²) in [6.45, 7) is 5.89. The summed E-state index contributed by atoms with van der Waals surface area (Å²) >= 11 is 0. The highest BCUT2D eigenvalue weighted by Gasteiger charge is 2.16. The molecule has 1 amide bonds. The van der Waals surface area contributed by atoms with E-state index in [1.165, 1.54) is 12.8 Å². The molecule has 1 aliphatic heterocycles. The predicted octanol–water partition coefficient (Wildman–Crippen LogP) is 1.34. The van der Waals surface area contributed by atoms with Crippen molar-refractivity contribution in [2.45, 2.75) is 32.6 Å². The molecular formula is C11H22N2O. The lowest BCUT2D eigenvalue weighted by Gasteiger charge is -2.20. The smallest absolute Gasteiger partial charge is 0.236 e. The van der Waals surface area contributed by atoms with Crippen molar-refractivity contribution in [1.82, 2.24) is 9.80 Å². The molecule has 1 saturated heterocycles. The Kier molecular flexibility index (Phi) is 4.94. The largest absolute Gasteiger partial charge is 0.345 e. The van der Waals surface area contributed by atoms with Crippen LogP contribution in [-0.4, -0.2) is 48.9 Å². The number of rotatable bonds is 5. The van der Waals surface area contributed by atoms with Crippen LogP contribution in [0.5, 0.6) is 0 Å². The van der Waals surface area contributed by atoms with Crippen molar-refractivity contribution >= 4 is 5.91 Å². The highest BCUT2D eigenvalue weighted by atomic mass is 16.2. The number of carbonyl (C=O) groups excluding carboxylic acids is 1. The van der Waals surface area contributed by atoms with Crippen LogP contribution in [0.1, 0.15) is 32.6 Å². The molecule has 14 heavy (non-hydrogen) atoms. The predicted molar refractivity (Wildman–Crippen MR) is 58.2 cm³/mol. The molecule has 0 saturated carbocycles. The fourth-order valence-corrected chi connectivity index (χ4v) is 1.77. The quantitative estimate of drug-likeness (QED) is 0.665. The maximum absolute atomic E-state index is 11.7. The molecule has 3 heteroatoms. The normalized spacial score (nSPS) is 17.3. The first-order valence-electron chi connectivity index (χ1n) is 5.70. The summed E-state index contributed by atoms with van der Waals surface area (Å²) in [5.41, 5.74) is 0. The minimum absolute atomic E-state index is 0.278. The SMILES string of the molecule is CCCCN(C)C(=O)CN1CCCC1. The van der Waals surface area contributed by atoms with E-state index in [1.54, 1.807) is 0 Å². The van der Waals surface area contributed by atoms with Crippen molar-refractivity contribution in [2.24, 2.45) is 0 Å². The fourth-order valence-electron chi connectivity index (χ4n) is 1.77. The van der Waals surface area contributed by atoms with E-state index in [4.69, 9.17) is 0 Å². The van der Waals surface area contributed by atoms with Crippen LogP contribution in [0.25, 0.3) is 0 Å². The van der Waals surface area contributed by atoms with Gasteiger partial charge in [0.1, 0.15) is 0 Å². The molecule has 0 radical (unpaired) electrons. The lowest BCUT2D eigenvalue weighted by atomic mass is 10.3. The van der Waals surface area contributed by atoms with Crippen LogP contribution >= 0.6 is 0 Å². The summed E-state index contributed by atoms with van der Waals surface area (Å²) in [6.07, 6.45) is 4.78. The molecule has 1 fully saturated rings. The molecule has 0 atom stereocenters. The van der Waals surface area contributed by atoms with Crippen LogP contribution in [0.15, 0.2) is 0 Å². The average Bonchev–Trinajstić information content (AvgIpc) is 2.66. The Morgan fingerprint density at radius 1 is 1.36 bits per heavy atom. The van der Waals surface area contributed by atoms with E-state index in [9.17, 15) is 4.79 Å². The monoisotopic (exact) mass is 198 g/mol. The van der Waals surface area contributed by atoms with Gasteiger partial charge in [0.15, 0.2) is 0 Å². The first kappa shape index (κ1) is 11.5. The molecule has 1 aliphatic rings. The highest BCUT2D eigenvalue weighted by Crippen LogP contribution is 2.07. The Morgan fingerprint density at radius 2 is 2.00 bits per heavy atom. The van der Waals surface area contributed by atoms with E-state index in [2.05, 4.69) is 11.8 Å². The van der Waals surface area contributed by atoms with Crippen LogP contribution < -0.4 is 0 Å². The molecule has 0 spiro atoms. The number of likely N-dealkylation sites (N-methyl/N-ethyl adjacent to an activating group) is 1. The zero-order chi connectivity index (χ0) is 10.4. The van der Waals surface area contributed by atoms with Gasteiger partial charge in [-0.25, -0.2) is 0 Å². The van der Waals surface area contributed by atoms with Gasteiger partial charge in [0.2, 0.25) is 5.91 Å². The van der Waals surface area contributed by atoms with Crippen LogP contribution in [0.3, 0.4) is 0 Å². The van der Waals surface area contributed by atoms with Crippen molar-refractivity contribution in [3.05, 3.63) is 0 Å². The summed E-state index contributed by atoms with van der Waals surface area (Å²) < 4.78 is 0. The zero-order valence-electron chi connectivity index (χ0n) is 9.46. The van der Waals surface area contributed by atoms with Crippen molar-refractivity contribution in [3.8, 4) is 0 Å². The number of hydrogen-bond acceptors (Lipinski definition) is 2. The summed E-state index contributed by atoms with van der Waals surface area (Å²) in [5.74, 6) is 0.278. The maximum Gasteiger partial charge on any atom is 0.236 e. The Morgan fingerprint density at radius 3 is 2.57 bits per heavy atom. The van der Waals surface area contributed by atoms with Crippen LogP contribution in [-0.2, 0) is 4.79 Å². The van der Waals surface area contributed by atoms with Crippen molar-refractivity contribution < 1.29 is 4.79 Å². The minimum Gasteiger partial charge on any atom is -0.345 e. The molecule has 3 nitrogen and oxygen atoms in total. The van der Waals surface area contributed by atoms with Crippen LogP contribution in [0, 0.1) is 0 Å². The Balaban J connectivity index is 2.18. The third-order valence-corrected chi connectivity index (χ3v) is 2.83. The molecule has 0 aromatic heterocycles. The number of hydrogen-bond donors (Lipinski definition) is 0. The number of unbranched alkanes of at least 4 members (excludes halogenated alkanes) is 1. The molecule has 82 valence electrons.